The molecule has 1 aliphatic rings. The molecule has 1 aliphatic heterocycles. The number of hydrogen-bond acceptors (Lipinski definition) is 4. The zero-order chi connectivity index (χ0) is 13.9. The minimum absolute atomic E-state index is 0.529. The first kappa shape index (κ1) is 13.0. The van der Waals surface area contributed by atoms with Crippen molar-refractivity contribution in [1.29, 1.82) is 0 Å². The van der Waals surface area contributed by atoms with Gasteiger partial charge in [0.1, 0.15) is 11.6 Å². The highest BCUT2D eigenvalue weighted by molar-refractivity contribution is 5.50. The van der Waals surface area contributed by atoms with Crippen molar-refractivity contribution in [1.82, 2.24) is 15.0 Å². The van der Waals surface area contributed by atoms with Crippen LogP contribution >= 0.6 is 0 Å². The minimum atomic E-state index is 0.529. The van der Waals surface area contributed by atoms with Gasteiger partial charge in [-0.1, -0.05) is 19.4 Å². The van der Waals surface area contributed by atoms with Crippen LogP contribution in [0, 0.1) is 6.92 Å². The Balaban J connectivity index is 1.75. The Hall–Kier alpha value is -1.97. The first-order valence-corrected chi connectivity index (χ1v) is 7.26. The molecular formula is C16H20N4. The van der Waals surface area contributed by atoms with Gasteiger partial charge in [-0.05, 0) is 25.5 Å². The Labute approximate surface area is 119 Å². The molecule has 0 aliphatic carbocycles. The van der Waals surface area contributed by atoms with Crippen LogP contribution in [0.15, 0.2) is 30.6 Å². The Bertz CT molecular complexity index is 576. The van der Waals surface area contributed by atoms with Gasteiger partial charge < -0.3 is 4.90 Å². The van der Waals surface area contributed by atoms with E-state index in [1.54, 1.807) is 0 Å². The van der Waals surface area contributed by atoms with Gasteiger partial charge in [0.15, 0.2) is 0 Å². The normalized spacial score (nSPS) is 15.2. The highest BCUT2D eigenvalue weighted by atomic mass is 15.3. The van der Waals surface area contributed by atoms with Crippen molar-refractivity contribution in [3.05, 3.63) is 47.7 Å². The van der Waals surface area contributed by atoms with Gasteiger partial charge >= 0.3 is 0 Å². The standard InChI is InChI=1S/C16H20N4/c1-3-6-13-9-18-12(2)19-16(13)20-10-14(11-20)15-7-4-5-8-17-15/h4-5,7-9,14H,3,6,10-11H2,1-2H3. The van der Waals surface area contributed by atoms with E-state index in [2.05, 4.69) is 38.9 Å². The van der Waals surface area contributed by atoms with Gasteiger partial charge in [-0.3, -0.25) is 4.98 Å². The van der Waals surface area contributed by atoms with Gasteiger partial charge in [-0.25, -0.2) is 9.97 Å². The summed E-state index contributed by atoms with van der Waals surface area (Å²) < 4.78 is 0. The number of nitrogens with zero attached hydrogens (tertiary/aromatic N) is 4. The Morgan fingerprint density at radius 2 is 2.10 bits per heavy atom. The monoisotopic (exact) mass is 268 g/mol. The summed E-state index contributed by atoms with van der Waals surface area (Å²) in [6.45, 7) is 6.15. The zero-order valence-electron chi connectivity index (χ0n) is 12.1. The lowest BCUT2D eigenvalue weighted by molar-refractivity contribution is 0.506. The number of pyridine rings is 1. The number of anilines is 1. The van der Waals surface area contributed by atoms with E-state index in [0.717, 1.165) is 37.6 Å². The molecule has 0 aromatic carbocycles. The second-order valence-corrected chi connectivity index (χ2v) is 5.37. The smallest absolute Gasteiger partial charge is 0.135 e. The van der Waals surface area contributed by atoms with E-state index in [4.69, 9.17) is 0 Å². The van der Waals surface area contributed by atoms with E-state index in [-0.39, 0.29) is 0 Å². The summed E-state index contributed by atoms with van der Waals surface area (Å²) in [6, 6.07) is 6.13. The maximum atomic E-state index is 4.64. The lowest BCUT2D eigenvalue weighted by Crippen LogP contribution is -2.46. The van der Waals surface area contributed by atoms with E-state index in [9.17, 15) is 0 Å². The summed E-state index contributed by atoms with van der Waals surface area (Å²) in [7, 11) is 0. The summed E-state index contributed by atoms with van der Waals surface area (Å²) in [5.41, 5.74) is 2.45. The Morgan fingerprint density at radius 1 is 1.25 bits per heavy atom. The molecule has 2 aromatic rings. The number of hydrogen-bond donors (Lipinski definition) is 0. The topological polar surface area (TPSA) is 41.9 Å². The van der Waals surface area contributed by atoms with Crippen LogP contribution in [0.25, 0.3) is 0 Å². The first-order chi connectivity index (χ1) is 9.78. The molecule has 4 heteroatoms. The van der Waals surface area contributed by atoms with Crippen LogP contribution in [-0.2, 0) is 6.42 Å². The molecule has 4 nitrogen and oxygen atoms in total. The van der Waals surface area contributed by atoms with E-state index < -0.39 is 0 Å². The fourth-order valence-corrected chi connectivity index (χ4v) is 2.66. The predicted octanol–water partition coefficient (Wildman–Crippen LogP) is 2.74. The minimum Gasteiger partial charge on any atom is -0.355 e. The SMILES string of the molecule is CCCc1cnc(C)nc1N1CC(c2ccccn2)C1. The molecule has 3 heterocycles. The third-order valence-electron chi connectivity index (χ3n) is 3.77. The van der Waals surface area contributed by atoms with Crippen molar-refractivity contribution >= 4 is 5.82 Å². The van der Waals surface area contributed by atoms with E-state index in [1.165, 1.54) is 11.3 Å². The predicted molar refractivity (Wildman–Crippen MR) is 80.0 cm³/mol. The molecular weight excluding hydrogens is 248 g/mol. The van der Waals surface area contributed by atoms with Crippen molar-refractivity contribution in [2.45, 2.75) is 32.6 Å². The molecule has 0 atom stereocenters. The molecule has 104 valence electrons. The van der Waals surface area contributed by atoms with E-state index in [1.807, 2.05) is 25.4 Å². The van der Waals surface area contributed by atoms with Gasteiger partial charge in [0, 0.05) is 42.7 Å². The summed E-state index contributed by atoms with van der Waals surface area (Å²) in [4.78, 5) is 15.8. The van der Waals surface area contributed by atoms with Gasteiger partial charge in [-0.2, -0.15) is 0 Å². The highest BCUT2D eigenvalue weighted by Crippen LogP contribution is 2.31. The van der Waals surface area contributed by atoms with Gasteiger partial charge in [0.25, 0.3) is 0 Å². The highest BCUT2D eigenvalue weighted by Gasteiger charge is 2.31. The van der Waals surface area contributed by atoms with Crippen molar-refractivity contribution in [2.24, 2.45) is 0 Å². The molecule has 1 saturated heterocycles. The second-order valence-electron chi connectivity index (χ2n) is 5.37. The van der Waals surface area contributed by atoms with Crippen molar-refractivity contribution < 1.29 is 0 Å². The first-order valence-electron chi connectivity index (χ1n) is 7.26. The Kier molecular flexibility index (Phi) is 3.63. The molecule has 3 rings (SSSR count). The molecule has 0 bridgehead atoms. The summed E-state index contributed by atoms with van der Waals surface area (Å²) in [6.07, 6.45) is 6.02. The van der Waals surface area contributed by atoms with Gasteiger partial charge in [-0.15, -0.1) is 0 Å². The molecule has 0 unspecified atom stereocenters. The van der Waals surface area contributed by atoms with Crippen molar-refractivity contribution in [3.63, 3.8) is 0 Å². The summed E-state index contributed by atoms with van der Waals surface area (Å²) in [5, 5.41) is 0. The van der Waals surface area contributed by atoms with Crippen LogP contribution in [0.1, 0.15) is 36.3 Å². The second kappa shape index (κ2) is 5.57. The van der Waals surface area contributed by atoms with Crippen LogP contribution < -0.4 is 4.90 Å². The molecule has 0 radical (unpaired) electrons. The summed E-state index contributed by atoms with van der Waals surface area (Å²) >= 11 is 0. The molecule has 0 amide bonds. The third-order valence-corrected chi connectivity index (χ3v) is 3.77. The van der Waals surface area contributed by atoms with Crippen molar-refractivity contribution in [2.75, 3.05) is 18.0 Å². The maximum Gasteiger partial charge on any atom is 0.135 e. The lowest BCUT2D eigenvalue weighted by Gasteiger charge is -2.40. The molecule has 0 N–H and O–H groups in total. The lowest BCUT2D eigenvalue weighted by atomic mass is 9.95. The van der Waals surface area contributed by atoms with Crippen LogP contribution in [0.2, 0.25) is 0 Å². The Morgan fingerprint density at radius 3 is 2.80 bits per heavy atom. The molecule has 0 saturated carbocycles. The largest absolute Gasteiger partial charge is 0.355 e. The van der Waals surface area contributed by atoms with Crippen LogP contribution in [0.3, 0.4) is 0 Å². The van der Waals surface area contributed by atoms with E-state index in [0.29, 0.717) is 5.92 Å². The number of aryl methyl sites for hydroxylation is 2. The van der Waals surface area contributed by atoms with Gasteiger partial charge in [0.05, 0.1) is 0 Å². The average Bonchev–Trinajstić information content (AvgIpc) is 2.41. The fourth-order valence-electron chi connectivity index (χ4n) is 2.66. The van der Waals surface area contributed by atoms with Crippen LogP contribution in [-0.4, -0.2) is 28.0 Å². The molecule has 2 aromatic heterocycles. The molecule has 20 heavy (non-hydrogen) atoms. The van der Waals surface area contributed by atoms with Gasteiger partial charge in [0.2, 0.25) is 0 Å². The van der Waals surface area contributed by atoms with Crippen LogP contribution in [0.4, 0.5) is 5.82 Å². The number of rotatable bonds is 4. The maximum absolute atomic E-state index is 4.64. The van der Waals surface area contributed by atoms with Crippen LogP contribution in [0.5, 0.6) is 0 Å². The molecule has 0 spiro atoms. The quantitative estimate of drug-likeness (QED) is 0.855. The van der Waals surface area contributed by atoms with Crippen molar-refractivity contribution in [3.8, 4) is 0 Å². The number of aromatic nitrogens is 3. The average molecular weight is 268 g/mol. The molecule has 1 fully saturated rings. The third kappa shape index (κ3) is 2.50. The van der Waals surface area contributed by atoms with E-state index >= 15 is 0 Å². The summed E-state index contributed by atoms with van der Waals surface area (Å²) in [5.74, 6) is 2.49. The zero-order valence-corrected chi connectivity index (χ0v) is 12.1. The fraction of sp³-hybridized carbons (Fsp3) is 0.438.